The summed E-state index contributed by atoms with van der Waals surface area (Å²) in [5.74, 6) is -2.34. The van der Waals surface area contributed by atoms with E-state index in [1.165, 1.54) is 16.7 Å². The topological polar surface area (TPSA) is 134 Å². The number of phenolic OH excluding ortho intramolecular Hbond substituents is 1. The smallest absolute Gasteiger partial charge is 0.410 e. The maximum atomic E-state index is 16.0. The third kappa shape index (κ3) is 6.76. The van der Waals surface area contributed by atoms with Crippen molar-refractivity contribution < 1.29 is 28.5 Å². The number of aromatic hydroxyl groups is 1. The molecule has 47 heavy (non-hydrogen) atoms. The molecule has 13 heteroatoms. The third-order valence-corrected chi connectivity index (χ3v) is 7.99. The van der Waals surface area contributed by atoms with Crippen LogP contribution in [0.5, 0.6) is 5.75 Å². The number of rotatable bonds is 7. The molecule has 1 aromatic carbocycles. The highest BCUT2D eigenvalue weighted by Gasteiger charge is 2.33. The van der Waals surface area contributed by atoms with Crippen molar-refractivity contribution in [3.8, 4) is 22.7 Å². The number of aryl methyl sites for hydroxylation is 1. The molecule has 0 radical (unpaired) electrons. The second-order valence-corrected chi connectivity index (χ2v) is 13.0. The van der Waals surface area contributed by atoms with Gasteiger partial charge < -0.3 is 24.7 Å². The normalized spacial score (nSPS) is 15.5. The van der Waals surface area contributed by atoms with Crippen LogP contribution in [0.3, 0.4) is 0 Å². The molecule has 1 atom stereocenters. The van der Waals surface area contributed by atoms with Crippen LogP contribution in [0, 0.1) is 11.6 Å². The van der Waals surface area contributed by atoms with E-state index in [0.29, 0.717) is 29.8 Å². The number of hydrogen-bond donors (Lipinski definition) is 2. The van der Waals surface area contributed by atoms with Gasteiger partial charge in [0.2, 0.25) is 0 Å². The minimum absolute atomic E-state index is 0.0130. The highest BCUT2D eigenvalue weighted by Crippen LogP contribution is 2.37. The number of anilines is 1. The Morgan fingerprint density at radius 3 is 2.51 bits per heavy atom. The maximum Gasteiger partial charge on any atom is 0.410 e. The van der Waals surface area contributed by atoms with Gasteiger partial charge in [0.25, 0.3) is 0 Å². The van der Waals surface area contributed by atoms with Crippen LogP contribution in [0.4, 0.5) is 19.4 Å². The maximum absolute atomic E-state index is 16.0. The Kier molecular flexibility index (Phi) is 9.48. The van der Waals surface area contributed by atoms with Crippen molar-refractivity contribution in [1.29, 1.82) is 0 Å². The third-order valence-electron chi connectivity index (χ3n) is 7.99. The molecule has 1 aliphatic heterocycles. The predicted octanol–water partition coefficient (Wildman–Crippen LogP) is 5.32. The number of aromatic nitrogens is 4. The number of phenols is 1. The number of aliphatic hydroxyl groups is 1. The van der Waals surface area contributed by atoms with Gasteiger partial charge in [-0.15, -0.1) is 0 Å². The summed E-state index contributed by atoms with van der Waals surface area (Å²) in [6, 6.07) is 6.14. The zero-order valence-corrected chi connectivity index (χ0v) is 27.4. The van der Waals surface area contributed by atoms with E-state index in [2.05, 4.69) is 15.0 Å². The number of amides is 1. The van der Waals surface area contributed by atoms with Crippen LogP contribution in [0.15, 0.2) is 41.3 Å². The lowest BCUT2D eigenvalue weighted by Gasteiger charge is -2.41. The lowest BCUT2D eigenvalue weighted by molar-refractivity contribution is 0.0218. The number of carbonyl (C=O) groups is 1. The molecule has 1 saturated heterocycles. The number of fused-ring (bicyclic) bond motifs is 1. The predicted molar refractivity (Wildman–Crippen MR) is 174 cm³/mol. The van der Waals surface area contributed by atoms with Gasteiger partial charge in [0, 0.05) is 38.5 Å². The molecule has 3 aromatic heterocycles. The second-order valence-electron chi connectivity index (χ2n) is 13.0. The molecule has 5 rings (SSSR count). The van der Waals surface area contributed by atoms with E-state index < -0.39 is 46.0 Å². The fraction of sp³-hybridized carbons (Fsp3) is 0.441. The van der Waals surface area contributed by atoms with Crippen molar-refractivity contribution in [3.05, 3.63) is 69.9 Å². The van der Waals surface area contributed by atoms with Crippen LogP contribution < -0.4 is 10.6 Å². The minimum Gasteiger partial charge on any atom is -0.507 e. The second kappa shape index (κ2) is 13.2. The number of pyridine rings is 2. The van der Waals surface area contributed by atoms with Crippen LogP contribution in [0.2, 0.25) is 0 Å². The first-order chi connectivity index (χ1) is 22.2. The zero-order chi connectivity index (χ0) is 34.2. The Hall–Kier alpha value is -4.65. The van der Waals surface area contributed by atoms with Crippen molar-refractivity contribution in [2.24, 2.45) is 0 Å². The van der Waals surface area contributed by atoms with E-state index in [1.54, 1.807) is 37.9 Å². The van der Waals surface area contributed by atoms with Crippen molar-refractivity contribution in [3.63, 3.8) is 0 Å². The summed E-state index contributed by atoms with van der Waals surface area (Å²) < 4.78 is 37.9. The first-order valence-electron chi connectivity index (χ1n) is 15.7. The van der Waals surface area contributed by atoms with Crippen LogP contribution in [-0.4, -0.2) is 78.6 Å². The number of piperazine rings is 1. The molecule has 4 aromatic rings. The largest absolute Gasteiger partial charge is 0.507 e. The van der Waals surface area contributed by atoms with E-state index in [0.717, 1.165) is 12.1 Å². The van der Waals surface area contributed by atoms with E-state index in [-0.39, 0.29) is 55.1 Å². The van der Waals surface area contributed by atoms with Crippen LogP contribution >= 0.6 is 0 Å². The van der Waals surface area contributed by atoms with Gasteiger partial charge in [0.05, 0.1) is 22.3 Å². The van der Waals surface area contributed by atoms with Crippen molar-refractivity contribution in [2.75, 3.05) is 31.1 Å². The molecule has 0 aliphatic carbocycles. The molecule has 1 aliphatic rings. The van der Waals surface area contributed by atoms with Gasteiger partial charge in [0.15, 0.2) is 11.5 Å². The minimum atomic E-state index is -0.929. The lowest BCUT2D eigenvalue weighted by Crippen LogP contribution is -2.55. The number of halogens is 2. The van der Waals surface area contributed by atoms with E-state index in [1.807, 2.05) is 25.7 Å². The van der Waals surface area contributed by atoms with Crippen LogP contribution in [0.25, 0.3) is 28.0 Å². The van der Waals surface area contributed by atoms with E-state index in [9.17, 15) is 19.8 Å². The molecular formula is C34H40F2N6O5. The molecular weight excluding hydrogens is 610 g/mol. The van der Waals surface area contributed by atoms with Gasteiger partial charge in [-0.1, -0.05) is 19.9 Å². The number of benzene rings is 1. The summed E-state index contributed by atoms with van der Waals surface area (Å²) in [7, 11) is 0. The Morgan fingerprint density at radius 2 is 1.87 bits per heavy atom. The van der Waals surface area contributed by atoms with Gasteiger partial charge in [-0.05, 0) is 76.3 Å². The number of carbonyl (C=O) groups excluding carboxylic acids is 1. The van der Waals surface area contributed by atoms with Crippen molar-refractivity contribution in [1.82, 2.24) is 24.4 Å². The molecule has 4 heterocycles. The SMILES string of the molecule is CC(C)c1nccc(CCCO)c1-n1c(=O)nc(N2CCN(C(=O)OC(C)(C)C)CC2C)c2cc(F)c(-c3c(O)cccc3F)nc21. The molecule has 0 spiro atoms. The molecule has 250 valence electrons. The quantitative estimate of drug-likeness (QED) is 0.273. The molecule has 0 saturated carbocycles. The fourth-order valence-electron chi connectivity index (χ4n) is 5.88. The Bertz CT molecular complexity index is 1850. The van der Waals surface area contributed by atoms with Crippen molar-refractivity contribution in [2.45, 2.75) is 71.9 Å². The number of hydrogen-bond acceptors (Lipinski definition) is 9. The zero-order valence-electron chi connectivity index (χ0n) is 27.4. The first-order valence-corrected chi connectivity index (χ1v) is 15.7. The van der Waals surface area contributed by atoms with Crippen molar-refractivity contribution >= 4 is 22.9 Å². The van der Waals surface area contributed by atoms with Gasteiger partial charge in [-0.2, -0.15) is 4.98 Å². The van der Waals surface area contributed by atoms with E-state index in [4.69, 9.17) is 4.74 Å². The molecule has 0 bridgehead atoms. The molecule has 1 unspecified atom stereocenters. The summed E-state index contributed by atoms with van der Waals surface area (Å²) in [5, 5.41) is 20.3. The Labute approximate surface area is 271 Å². The van der Waals surface area contributed by atoms with Crippen LogP contribution in [-0.2, 0) is 11.2 Å². The standard InChI is InChI=1S/C34H40F2N6O5/c1-19(2)27-29(21(9-8-16-43)12-13-37-27)42-31-22(17-24(36)28(38-31)26-23(35)10-7-11-25(26)44)30(39-32(42)45)41-15-14-40(18-20(41)3)33(46)47-34(4,5)6/h7,10-13,17,19-20,43-44H,8-9,14-16,18H2,1-6H3. The van der Waals surface area contributed by atoms with Gasteiger partial charge in [-0.3, -0.25) is 4.98 Å². The summed E-state index contributed by atoms with van der Waals surface area (Å²) >= 11 is 0. The molecule has 1 fully saturated rings. The van der Waals surface area contributed by atoms with Gasteiger partial charge in [0.1, 0.15) is 28.7 Å². The fourth-order valence-corrected chi connectivity index (χ4v) is 5.88. The monoisotopic (exact) mass is 650 g/mol. The molecule has 2 N–H and O–H groups in total. The first kappa shape index (κ1) is 33.7. The Balaban J connectivity index is 1.76. The summed E-state index contributed by atoms with van der Waals surface area (Å²) in [6.45, 7) is 11.7. The summed E-state index contributed by atoms with van der Waals surface area (Å²) in [4.78, 5) is 44.0. The lowest BCUT2D eigenvalue weighted by atomic mass is 10.0. The highest BCUT2D eigenvalue weighted by molar-refractivity contribution is 5.91. The van der Waals surface area contributed by atoms with Gasteiger partial charge >= 0.3 is 11.8 Å². The number of ether oxygens (including phenoxy) is 1. The molecule has 11 nitrogen and oxygen atoms in total. The Morgan fingerprint density at radius 1 is 1.13 bits per heavy atom. The van der Waals surface area contributed by atoms with E-state index >= 15 is 8.78 Å². The van der Waals surface area contributed by atoms with Crippen LogP contribution in [0.1, 0.15) is 65.1 Å². The van der Waals surface area contributed by atoms with Gasteiger partial charge in [-0.25, -0.2) is 27.9 Å². The summed E-state index contributed by atoms with van der Waals surface area (Å²) in [6.07, 6.45) is 1.97. The average Bonchev–Trinajstić information content (AvgIpc) is 2.99. The number of nitrogens with zero attached hydrogens (tertiary/aromatic N) is 6. The number of aliphatic hydroxyl groups excluding tert-OH is 1. The average molecular weight is 651 g/mol. The molecule has 1 amide bonds. The highest BCUT2D eigenvalue weighted by atomic mass is 19.1. The summed E-state index contributed by atoms with van der Waals surface area (Å²) in [5.41, 5.74) is -0.693.